The van der Waals surface area contributed by atoms with Gasteiger partial charge in [0, 0.05) is 10.6 Å². The van der Waals surface area contributed by atoms with E-state index in [1.807, 2.05) is 24.3 Å². The number of aliphatic hydroxyl groups is 1. The molecule has 37 heavy (non-hydrogen) atoms. The molecular weight excluding hydrogens is 508 g/mol. The number of thiazole rings is 1. The number of carbonyl (C=O) groups excluding carboxylic acids is 2. The first-order valence-electron chi connectivity index (χ1n) is 11.7. The normalized spacial score (nSPS) is 17.5. The van der Waals surface area contributed by atoms with Crippen molar-refractivity contribution in [2.75, 3.05) is 12.0 Å². The van der Waals surface area contributed by atoms with Crippen molar-refractivity contribution in [2.24, 2.45) is 0 Å². The number of carbonyl (C=O) groups is 2. The largest absolute Gasteiger partial charge is 0.507 e. The first-order valence-corrected chi connectivity index (χ1v) is 12.9. The van der Waals surface area contributed by atoms with Gasteiger partial charge in [0.2, 0.25) is 0 Å². The molecular formula is C29H25ClN2O4S. The van der Waals surface area contributed by atoms with Crippen LogP contribution in [0.2, 0.25) is 5.02 Å². The number of rotatable bonds is 4. The molecule has 2 heterocycles. The zero-order valence-corrected chi connectivity index (χ0v) is 22.4. The van der Waals surface area contributed by atoms with E-state index in [2.05, 4.69) is 25.8 Å². The van der Waals surface area contributed by atoms with Crippen molar-refractivity contribution in [1.82, 2.24) is 4.98 Å². The average molecular weight is 533 g/mol. The summed E-state index contributed by atoms with van der Waals surface area (Å²) in [6.07, 6.45) is 0. The molecule has 0 radical (unpaired) electrons. The van der Waals surface area contributed by atoms with Gasteiger partial charge in [-0.1, -0.05) is 68.0 Å². The summed E-state index contributed by atoms with van der Waals surface area (Å²) in [5, 5.41) is 12.2. The summed E-state index contributed by atoms with van der Waals surface area (Å²) in [4.78, 5) is 32.9. The molecule has 1 fully saturated rings. The van der Waals surface area contributed by atoms with Crippen LogP contribution in [0.25, 0.3) is 16.0 Å². The maximum Gasteiger partial charge on any atom is 0.301 e. The van der Waals surface area contributed by atoms with E-state index in [0.717, 1.165) is 10.3 Å². The minimum absolute atomic E-state index is 0.0102. The highest BCUT2D eigenvalue weighted by molar-refractivity contribution is 7.22. The first-order chi connectivity index (χ1) is 17.6. The molecule has 0 bridgehead atoms. The highest BCUT2D eigenvalue weighted by Crippen LogP contribution is 2.45. The number of anilines is 1. The van der Waals surface area contributed by atoms with Gasteiger partial charge < -0.3 is 9.84 Å². The van der Waals surface area contributed by atoms with Crippen LogP contribution in [-0.2, 0) is 15.0 Å². The fraction of sp³-hybridized carbons (Fsp3) is 0.207. The molecule has 3 aromatic carbocycles. The molecule has 4 aromatic rings. The predicted octanol–water partition coefficient (Wildman–Crippen LogP) is 6.88. The number of halogens is 1. The van der Waals surface area contributed by atoms with E-state index in [4.69, 9.17) is 16.3 Å². The summed E-state index contributed by atoms with van der Waals surface area (Å²) in [5.74, 6) is -1.15. The van der Waals surface area contributed by atoms with Gasteiger partial charge in [0.25, 0.3) is 5.78 Å². The van der Waals surface area contributed by atoms with Gasteiger partial charge in [-0.2, -0.15) is 0 Å². The van der Waals surface area contributed by atoms with Crippen molar-refractivity contribution in [3.05, 3.63) is 94.0 Å². The highest BCUT2D eigenvalue weighted by atomic mass is 35.5. The SMILES string of the molecule is COc1ccc(/C(O)=C2\C(=O)C(=O)N(c3nc4ccc(Cl)cc4s3)C2c2ccc(C(C)(C)C)cc2)cc1. The smallest absolute Gasteiger partial charge is 0.301 e. The third-order valence-corrected chi connectivity index (χ3v) is 7.70. The second-order valence-electron chi connectivity index (χ2n) is 9.88. The minimum atomic E-state index is -0.854. The van der Waals surface area contributed by atoms with Crippen LogP contribution < -0.4 is 9.64 Å². The van der Waals surface area contributed by atoms with E-state index >= 15 is 0 Å². The molecule has 0 saturated carbocycles. The Kier molecular flexibility index (Phi) is 6.30. The number of ketones is 1. The molecule has 1 aliphatic heterocycles. The quantitative estimate of drug-likeness (QED) is 0.176. The lowest BCUT2D eigenvalue weighted by atomic mass is 9.85. The molecule has 1 unspecified atom stereocenters. The standard InChI is InChI=1S/C29H25ClN2O4S/c1-29(2,3)18-9-5-16(6-10-18)24-23(25(33)17-7-12-20(36-4)13-8-17)26(34)27(35)32(24)28-31-21-14-11-19(30)15-22(21)37-28/h5-15,24,33H,1-4H3/b25-23+. The van der Waals surface area contributed by atoms with Gasteiger partial charge in [0.15, 0.2) is 5.13 Å². The first kappa shape index (κ1) is 25.0. The van der Waals surface area contributed by atoms with E-state index in [1.54, 1.807) is 49.6 Å². The number of amides is 1. The van der Waals surface area contributed by atoms with Crippen molar-refractivity contribution in [3.8, 4) is 5.75 Å². The molecule has 6 nitrogen and oxygen atoms in total. The van der Waals surface area contributed by atoms with E-state index in [1.165, 1.54) is 16.2 Å². The number of nitrogens with zero attached hydrogens (tertiary/aromatic N) is 2. The van der Waals surface area contributed by atoms with Crippen LogP contribution in [0.4, 0.5) is 5.13 Å². The molecule has 1 aromatic heterocycles. The Labute approximate surface area is 223 Å². The number of Topliss-reactive ketones (excluding diaryl/α,β-unsaturated/α-hetero) is 1. The van der Waals surface area contributed by atoms with E-state index in [9.17, 15) is 14.7 Å². The highest BCUT2D eigenvalue weighted by Gasteiger charge is 2.48. The zero-order chi connectivity index (χ0) is 26.5. The van der Waals surface area contributed by atoms with Crippen LogP contribution in [0.1, 0.15) is 43.5 Å². The molecule has 0 aliphatic carbocycles. The monoisotopic (exact) mass is 532 g/mol. The lowest BCUT2D eigenvalue weighted by molar-refractivity contribution is -0.132. The molecule has 8 heteroatoms. The summed E-state index contributed by atoms with van der Waals surface area (Å²) >= 11 is 7.44. The van der Waals surface area contributed by atoms with E-state index in [-0.39, 0.29) is 16.7 Å². The molecule has 1 N–H and O–H groups in total. The van der Waals surface area contributed by atoms with E-state index < -0.39 is 17.7 Å². The lowest BCUT2D eigenvalue weighted by Crippen LogP contribution is -2.29. The van der Waals surface area contributed by atoms with Gasteiger partial charge in [0.05, 0.1) is 28.9 Å². The van der Waals surface area contributed by atoms with Crippen LogP contribution in [-0.4, -0.2) is 28.9 Å². The lowest BCUT2D eigenvalue weighted by Gasteiger charge is -2.24. The number of benzene rings is 3. The fourth-order valence-corrected chi connectivity index (χ4v) is 5.67. The van der Waals surface area contributed by atoms with Crippen molar-refractivity contribution in [2.45, 2.75) is 32.2 Å². The van der Waals surface area contributed by atoms with Crippen LogP contribution in [0, 0.1) is 0 Å². The number of hydrogen-bond acceptors (Lipinski definition) is 6. The Balaban J connectivity index is 1.70. The molecule has 0 spiro atoms. The minimum Gasteiger partial charge on any atom is -0.507 e. The summed E-state index contributed by atoms with van der Waals surface area (Å²) < 4.78 is 6.00. The average Bonchev–Trinajstić information content (AvgIpc) is 3.40. The number of fused-ring (bicyclic) bond motifs is 1. The third-order valence-electron chi connectivity index (χ3n) is 6.45. The van der Waals surface area contributed by atoms with E-state index in [0.29, 0.717) is 32.5 Å². The Morgan fingerprint density at radius 3 is 2.32 bits per heavy atom. The van der Waals surface area contributed by atoms with Crippen molar-refractivity contribution in [3.63, 3.8) is 0 Å². The van der Waals surface area contributed by atoms with Crippen LogP contribution in [0.3, 0.4) is 0 Å². The van der Waals surface area contributed by atoms with Gasteiger partial charge in [0.1, 0.15) is 11.5 Å². The molecule has 188 valence electrons. The summed E-state index contributed by atoms with van der Waals surface area (Å²) in [6.45, 7) is 6.35. The number of methoxy groups -OCH3 is 1. The Morgan fingerprint density at radius 2 is 1.70 bits per heavy atom. The summed E-state index contributed by atoms with van der Waals surface area (Å²) in [6, 6.07) is 18.9. The van der Waals surface area contributed by atoms with Gasteiger partial charge in [-0.05, 0) is 59.0 Å². The molecule has 1 amide bonds. The number of hydrogen-bond donors (Lipinski definition) is 1. The van der Waals surface area contributed by atoms with Gasteiger partial charge in [-0.3, -0.25) is 14.5 Å². The maximum absolute atomic E-state index is 13.5. The van der Waals surface area contributed by atoms with Crippen molar-refractivity contribution >= 4 is 55.7 Å². The molecule has 1 saturated heterocycles. The number of aromatic nitrogens is 1. The van der Waals surface area contributed by atoms with Crippen LogP contribution in [0.5, 0.6) is 5.75 Å². The van der Waals surface area contributed by atoms with Gasteiger partial charge in [-0.25, -0.2) is 4.98 Å². The second kappa shape index (κ2) is 9.32. The Morgan fingerprint density at radius 1 is 1.03 bits per heavy atom. The molecule has 1 aliphatic rings. The summed E-state index contributed by atoms with van der Waals surface area (Å²) in [5.41, 5.74) is 2.82. The Hall–Kier alpha value is -3.68. The van der Waals surface area contributed by atoms with Crippen LogP contribution in [0.15, 0.2) is 72.3 Å². The van der Waals surface area contributed by atoms with Crippen LogP contribution >= 0.6 is 22.9 Å². The number of aliphatic hydroxyl groups excluding tert-OH is 1. The Bertz CT molecular complexity index is 1550. The second-order valence-corrected chi connectivity index (χ2v) is 11.3. The maximum atomic E-state index is 13.5. The summed E-state index contributed by atoms with van der Waals surface area (Å²) in [7, 11) is 1.55. The van der Waals surface area contributed by atoms with Gasteiger partial charge in [-0.15, -0.1) is 0 Å². The topological polar surface area (TPSA) is 79.7 Å². The predicted molar refractivity (Wildman–Crippen MR) is 148 cm³/mol. The van der Waals surface area contributed by atoms with Crippen molar-refractivity contribution in [1.29, 1.82) is 0 Å². The number of ether oxygens (including phenoxy) is 1. The third kappa shape index (κ3) is 4.49. The zero-order valence-electron chi connectivity index (χ0n) is 20.8. The van der Waals surface area contributed by atoms with Crippen molar-refractivity contribution < 1.29 is 19.4 Å². The molecule has 5 rings (SSSR count). The molecule has 1 atom stereocenters. The fourth-order valence-electron chi connectivity index (χ4n) is 4.40. The van der Waals surface area contributed by atoms with Gasteiger partial charge >= 0.3 is 5.91 Å².